The van der Waals surface area contributed by atoms with Crippen molar-refractivity contribution in [1.82, 2.24) is 20.4 Å². The van der Waals surface area contributed by atoms with Gasteiger partial charge in [-0.15, -0.1) is 0 Å². The van der Waals surface area contributed by atoms with Crippen LogP contribution < -0.4 is 20.7 Å². The van der Waals surface area contributed by atoms with Gasteiger partial charge in [0.2, 0.25) is 5.91 Å². The second-order valence-electron chi connectivity index (χ2n) is 8.87. The maximum Gasteiger partial charge on any atom is 0.416 e. The van der Waals surface area contributed by atoms with Crippen molar-refractivity contribution in [3.8, 4) is 17.0 Å². The van der Waals surface area contributed by atoms with Gasteiger partial charge in [0.1, 0.15) is 12.4 Å². The van der Waals surface area contributed by atoms with E-state index in [0.717, 1.165) is 38.1 Å². The van der Waals surface area contributed by atoms with Gasteiger partial charge in [-0.3, -0.25) is 14.3 Å². The Labute approximate surface area is 222 Å². The third-order valence-corrected chi connectivity index (χ3v) is 6.48. The van der Waals surface area contributed by atoms with Crippen molar-refractivity contribution in [2.75, 3.05) is 31.6 Å². The molecule has 1 aliphatic rings. The number of piperidine rings is 1. The summed E-state index contributed by atoms with van der Waals surface area (Å²) in [7, 11) is 1.69. The smallest absolute Gasteiger partial charge is 0.416 e. The van der Waals surface area contributed by atoms with Gasteiger partial charge in [0.15, 0.2) is 0 Å². The van der Waals surface area contributed by atoms with E-state index in [1.807, 2.05) is 0 Å². The van der Waals surface area contributed by atoms with Gasteiger partial charge >= 0.3 is 6.18 Å². The second-order valence-corrected chi connectivity index (χ2v) is 9.28. The Morgan fingerprint density at radius 3 is 2.63 bits per heavy atom. The van der Waals surface area contributed by atoms with Crippen molar-refractivity contribution in [1.29, 1.82) is 0 Å². The van der Waals surface area contributed by atoms with Crippen molar-refractivity contribution >= 4 is 29.1 Å². The number of anilines is 1. The number of halogens is 4. The van der Waals surface area contributed by atoms with E-state index in [1.165, 1.54) is 18.3 Å². The predicted molar refractivity (Wildman–Crippen MR) is 137 cm³/mol. The molecule has 12 heteroatoms. The van der Waals surface area contributed by atoms with Gasteiger partial charge in [-0.2, -0.15) is 18.3 Å². The minimum atomic E-state index is -4.56. The molecule has 1 aromatic heterocycles. The van der Waals surface area contributed by atoms with Gasteiger partial charge in [-0.1, -0.05) is 17.7 Å². The molecule has 1 aliphatic heterocycles. The Hall–Kier alpha value is -3.57. The normalized spacial score (nSPS) is 14.2. The van der Waals surface area contributed by atoms with Crippen LogP contribution in [0.5, 0.6) is 5.75 Å². The summed E-state index contributed by atoms with van der Waals surface area (Å²) in [6.45, 7) is 2.13. The number of ether oxygens (including phenoxy) is 1. The zero-order valence-corrected chi connectivity index (χ0v) is 21.3. The molecule has 1 saturated heterocycles. The van der Waals surface area contributed by atoms with Crippen molar-refractivity contribution in [2.45, 2.75) is 19.0 Å². The molecule has 4 rings (SSSR count). The van der Waals surface area contributed by atoms with Crippen LogP contribution in [0.25, 0.3) is 11.3 Å². The van der Waals surface area contributed by atoms with E-state index in [9.17, 15) is 22.8 Å². The quantitative estimate of drug-likeness (QED) is 0.359. The van der Waals surface area contributed by atoms with Gasteiger partial charge < -0.3 is 20.7 Å². The molecule has 2 heterocycles. The molecule has 0 unspecified atom stereocenters. The first-order chi connectivity index (χ1) is 18.1. The number of carbonyl (C=O) groups excluding carboxylic acids is 2. The van der Waals surface area contributed by atoms with Crippen LogP contribution in [0.15, 0.2) is 48.7 Å². The summed E-state index contributed by atoms with van der Waals surface area (Å²) in [4.78, 5) is 25.1. The Morgan fingerprint density at radius 2 is 1.95 bits per heavy atom. The predicted octanol–water partition coefficient (Wildman–Crippen LogP) is 4.51. The van der Waals surface area contributed by atoms with Crippen LogP contribution in [0.2, 0.25) is 5.02 Å². The summed E-state index contributed by atoms with van der Waals surface area (Å²) in [5, 5.41) is 13.2. The molecule has 3 N–H and O–H groups in total. The highest BCUT2D eigenvalue weighted by Crippen LogP contribution is 2.37. The third-order valence-electron chi connectivity index (χ3n) is 6.21. The van der Waals surface area contributed by atoms with Crippen molar-refractivity contribution in [2.24, 2.45) is 13.0 Å². The molecule has 1 fully saturated rings. The zero-order valence-electron chi connectivity index (χ0n) is 20.6. The van der Waals surface area contributed by atoms with Crippen molar-refractivity contribution < 1.29 is 27.5 Å². The van der Waals surface area contributed by atoms with Gasteiger partial charge in [-0.25, -0.2) is 0 Å². The highest BCUT2D eigenvalue weighted by Gasteiger charge is 2.31. The lowest BCUT2D eigenvalue weighted by Crippen LogP contribution is -2.39. The van der Waals surface area contributed by atoms with Gasteiger partial charge in [-0.05, 0) is 62.3 Å². The number of benzene rings is 2. The molecular formula is C26H27ClF3N5O3. The van der Waals surface area contributed by atoms with Gasteiger partial charge in [0, 0.05) is 29.8 Å². The van der Waals surface area contributed by atoms with Crippen LogP contribution in [0, 0.1) is 5.92 Å². The Bertz CT molecular complexity index is 1290. The molecule has 38 heavy (non-hydrogen) atoms. The Balaban J connectivity index is 1.49. The Morgan fingerprint density at radius 1 is 1.18 bits per heavy atom. The lowest BCUT2D eigenvalue weighted by atomic mass is 9.97. The topological polar surface area (TPSA) is 97.3 Å². The fraction of sp³-hybridized carbons (Fsp3) is 0.346. The monoisotopic (exact) mass is 549 g/mol. The standard InChI is InChI=1S/C26H27ClF3N5O3/c1-35-23(21(27)15-33-35)20-14-19(34-25(37)17-3-2-4-18(13-17)26(28,29)30)5-6-22(20)38-12-11-32-24(36)16-7-9-31-10-8-16/h2-6,13-16,31H,7-12H2,1H3,(H,32,36)(H,34,37). The highest BCUT2D eigenvalue weighted by molar-refractivity contribution is 6.33. The van der Waals surface area contributed by atoms with Crippen molar-refractivity contribution in [3.05, 3.63) is 64.8 Å². The van der Waals surface area contributed by atoms with Crippen LogP contribution in [-0.4, -0.2) is 47.8 Å². The summed E-state index contributed by atoms with van der Waals surface area (Å²) >= 11 is 6.36. The average Bonchev–Trinajstić information content (AvgIpc) is 3.24. The first-order valence-electron chi connectivity index (χ1n) is 12.0. The SMILES string of the molecule is Cn1ncc(Cl)c1-c1cc(NC(=O)c2cccc(C(F)(F)F)c2)ccc1OCCNC(=O)C1CCNCC1. The number of amides is 2. The summed E-state index contributed by atoms with van der Waals surface area (Å²) in [5.41, 5.74) is 0.316. The molecule has 2 amide bonds. The highest BCUT2D eigenvalue weighted by atomic mass is 35.5. The van der Waals surface area contributed by atoms with E-state index in [-0.39, 0.29) is 24.0 Å². The Kier molecular flexibility index (Phi) is 8.58. The van der Waals surface area contributed by atoms with E-state index in [2.05, 4.69) is 21.0 Å². The van der Waals surface area contributed by atoms with E-state index in [1.54, 1.807) is 29.9 Å². The fourth-order valence-corrected chi connectivity index (χ4v) is 4.50. The van der Waals surface area contributed by atoms with Gasteiger partial charge in [0.05, 0.1) is 29.0 Å². The molecular weight excluding hydrogens is 523 g/mol. The number of nitrogens with one attached hydrogen (secondary N) is 3. The number of alkyl halides is 3. The van der Waals surface area contributed by atoms with Crippen LogP contribution in [0.4, 0.5) is 18.9 Å². The van der Waals surface area contributed by atoms with Crippen LogP contribution >= 0.6 is 11.6 Å². The average molecular weight is 550 g/mol. The first kappa shape index (κ1) is 27.5. The van der Waals surface area contributed by atoms with E-state index >= 15 is 0 Å². The zero-order chi connectivity index (χ0) is 27.3. The van der Waals surface area contributed by atoms with Crippen LogP contribution in [0.1, 0.15) is 28.8 Å². The molecule has 0 saturated carbocycles. The molecule has 202 valence electrons. The minimum absolute atomic E-state index is 0.00217. The third kappa shape index (κ3) is 6.65. The largest absolute Gasteiger partial charge is 0.491 e. The van der Waals surface area contributed by atoms with E-state index in [4.69, 9.17) is 16.3 Å². The fourth-order valence-electron chi connectivity index (χ4n) is 4.24. The lowest BCUT2D eigenvalue weighted by Gasteiger charge is -2.21. The molecule has 3 aromatic rings. The number of aryl methyl sites for hydroxylation is 1. The summed E-state index contributed by atoms with van der Waals surface area (Å²) in [6.07, 6.45) is -1.51. The number of hydrogen-bond acceptors (Lipinski definition) is 5. The molecule has 8 nitrogen and oxygen atoms in total. The first-order valence-corrected chi connectivity index (χ1v) is 12.4. The molecule has 0 atom stereocenters. The number of aromatic nitrogens is 2. The minimum Gasteiger partial charge on any atom is -0.491 e. The van der Waals surface area contributed by atoms with Crippen molar-refractivity contribution in [3.63, 3.8) is 0 Å². The summed E-state index contributed by atoms with van der Waals surface area (Å²) in [6, 6.07) is 8.98. The van der Waals surface area contributed by atoms with E-state index in [0.29, 0.717) is 34.3 Å². The number of rotatable bonds is 8. The van der Waals surface area contributed by atoms with Crippen LogP contribution in [-0.2, 0) is 18.0 Å². The number of nitrogens with zero attached hydrogens (tertiary/aromatic N) is 2. The van der Waals surface area contributed by atoms with Crippen LogP contribution in [0.3, 0.4) is 0 Å². The molecule has 2 aromatic carbocycles. The number of carbonyl (C=O) groups is 2. The summed E-state index contributed by atoms with van der Waals surface area (Å²) in [5.74, 6) is -0.284. The molecule has 0 bridgehead atoms. The van der Waals surface area contributed by atoms with Gasteiger partial charge in [0.25, 0.3) is 5.91 Å². The maximum absolute atomic E-state index is 13.1. The molecule has 0 spiro atoms. The summed E-state index contributed by atoms with van der Waals surface area (Å²) < 4.78 is 46.7. The second kappa shape index (κ2) is 11.9. The lowest BCUT2D eigenvalue weighted by molar-refractivity contribution is -0.137. The molecule has 0 aliphatic carbocycles. The number of hydrogen-bond donors (Lipinski definition) is 3. The molecule has 0 radical (unpaired) electrons. The maximum atomic E-state index is 13.1. The van der Waals surface area contributed by atoms with E-state index < -0.39 is 17.6 Å².